The van der Waals surface area contributed by atoms with Crippen molar-refractivity contribution < 1.29 is 29.2 Å². The number of esters is 1. The lowest BCUT2D eigenvalue weighted by Gasteiger charge is -2.18. The fourth-order valence-electron chi connectivity index (χ4n) is 1.02. The highest BCUT2D eigenvalue weighted by molar-refractivity contribution is 5.69. The van der Waals surface area contributed by atoms with Crippen LogP contribution in [-0.4, -0.2) is 54.5 Å². The third-order valence-corrected chi connectivity index (χ3v) is 1.88. The molecule has 0 aromatic heterocycles. The van der Waals surface area contributed by atoms with Crippen LogP contribution >= 0.6 is 0 Å². The number of aliphatic hydroxyl groups is 2. The van der Waals surface area contributed by atoms with E-state index in [1.165, 1.54) is 14.0 Å². The molecule has 0 bridgehead atoms. The standard InChI is InChI=1S/C9H20O3.C5H10O3/c1-8(2)11-6-5-7-12-9(3,4)10;1-4(6)3-5(7)8-2/h8,10H,5-7H2,1-4H3;4,6H,3H2,1-2H3. The number of carbonyl (C=O) groups is 1. The molecule has 6 nitrogen and oxygen atoms in total. The lowest BCUT2D eigenvalue weighted by molar-refractivity contribution is -0.178. The van der Waals surface area contributed by atoms with Crippen LogP contribution in [-0.2, 0) is 19.0 Å². The van der Waals surface area contributed by atoms with Gasteiger partial charge in [0.2, 0.25) is 0 Å². The van der Waals surface area contributed by atoms with Gasteiger partial charge < -0.3 is 24.4 Å². The molecule has 0 radical (unpaired) electrons. The van der Waals surface area contributed by atoms with Crippen LogP contribution < -0.4 is 0 Å². The Hall–Kier alpha value is -0.690. The van der Waals surface area contributed by atoms with E-state index in [0.29, 0.717) is 13.2 Å². The van der Waals surface area contributed by atoms with Crippen LogP contribution in [0.5, 0.6) is 0 Å². The maximum Gasteiger partial charge on any atom is 0.308 e. The smallest absolute Gasteiger partial charge is 0.308 e. The summed E-state index contributed by atoms with van der Waals surface area (Å²) in [7, 11) is 1.30. The van der Waals surface area contributed by atoms with E-state index in [-0.39, 0.29) is 18.5 Å². The molecule has 0 spiro atoms. The van der Waals surface area contributed by atoms with Crippen molar-refractivity contribution in [3.63, 3.8) is 0 Å². The zero-order valence-electron chi connectivity index (χ0n) is 13.5. The van der Waals surface area contributed by atoms with E-state index in [4.69, 9.17) is 19.7 Å². The summed E-state index contributed by atoms with van der Waals surface area (Å²) in [6, 6.07) is 0. The van der Waals surface area contributed by atoms with Crippen LogP contribution in [0.25, 0.3) is 0 Å². The zero-order chi connectivity index (χ0) is 16.2. The monoisotopic (exact) mass is 294 g/mol. The quantitative estimate of drug-likeness (QED) is 0.401. The summed E-state index contributed by atoms with van der Waals surface area (Å²) >= 11 is 0. The molecule has 0 rings (SSSR count). The van der Waals surface area contributed by atoms with Gasteiger partial charge in [0.25, 0.3) is 0 Å². The second-order valence-corrected chi connectivity index (χ2v) is 5.20. The molecule has 0 saturated carbocycles. The minimum Gasteiger partial charge on any atom is -0.469 e. The summed E-state index contributed by atoms with van der Waals surface area (Å²) in [5.74, 6) is -1.39. The topological polar surface area (TPSA) is 85.2 Å². The van der Waals surface area contributed by atoms with Gasteiger partial charge in [-0.15, -0.1) is 0 Å². The molecule has 0 amide bonds. The van der Waals surface area contributed by atoms with Gasteiger partial charge in [0, 0.05) is 6.61 Å². The van der Waals surface area contributed by atoms with Crippen LogP contribution in [0.3, 0.4) is 0 Å². The van der Waals surface area contributed by atoms with Gasteiger partial charge in [0.05, 0.1) is 32.3 Å². The minimum absolute atomic E-state index is 0.0799. The first kappa shape index (κ1) is 21.6. The van der Waals surface area contributed by atoms with E-state index in [9.17, 15) is 4.79 Å². The van der Waals surface area contributed by atoms with E-state index in [2.05, 4.69) is 4.74 Å². The lowest BCUT2D eigenvalue weighted by Crippen LogP contribution is -2.24. The summed E-state index contributed by atoms with van der Waals surface area (Å²) in [6.45, 7) is 10.0. The normalized spacial score (nSPS) is 12.7. The Morgan fingerprint density at radius 2 is 1.75 bits per heavy atom. The molecule has 0 aliphatic carbocycles. The van der Waals surface area contributed by atoms with Crippen LogP contribution in [0.15, 0.2) is 0 Å². The molecule has 0 aliphatic rings. The number of hydrogen-bond donors (Lipinski definition) is 2. The Morgan fingerprint density at radius 1 is 1.20 bits per heavy atom. The van der Waals surface area contributed by atoms with Gasteiger partial charge in [0.15, 0.2) is 5.79 Å². The highest BCUT2D eigenvalue weighted by Crippen LogP contribution is 2.03. The van der Waals surface area contributed by atoms with Crippen molar-refractivity contribution >= 4 is 5.97 Å². The summed E-state index contributed by atoms with van der Waals surface area (Å²) in [5, 5.41) is 17.7. The molecule has 0 aromatic carbocycles. The first-order valence-electron chi connectivity index (χ1n) is 6.81. The molecular weight excluding hydrogens is 264 g/mol. The second kappa shape index (κ2) is 12.1. The third-order valence-electron chi connectivity index (χ3n) is 1.88. The van der Waals surface area contributed by atoms with Crippen molar-refractivity contribution in [2.75, 3.05) is 20.3 Å². The molecule has 0 heterocycles. The average Bonchev–Trinajstić information content (AvgIpc) is 2.26. The first-order chi connectivity index (χ1) is 9.08. The van der Waals surface area contributed by atoms with E-state index in [1.54, 1.807) is 13.8 Å². The Kier molecular flexibility index (Phi) is 13.1. The minimum atomic E-state index is -1.02. The van der Waals surface area contributed by atoms with Gasteiger partial charge in [-0.1, -0.05) is 0 Å². The van der Waals surface area contributed by atoms with Gasteiger partial charge >= 0.3 is 5.97 Å². The molecule has 20 heavy (non-hydrogen) atoms. The van der Waals surface area contributed by atoms with Crippen molar-refractivity contribution in [3.05, 3.63) is 0 Å². The number of ether oxygens (including phenoxy) is 3. The zero-order valence-corrected chi connectivity index (χ0v) is 13.5. The highest BCUT2D eigenvalue weighted by atomic mass is 16.6. The van der Waals surface area contributed by atoms with E-state index in [1.807, 2.05) is 13.8 Å². The molecule has 1 unspecified atom stereocenters. The van der Waals surface area contributed by atoms with Crippen molar-refractivity contribution in [2.45, 2.75) is 65.5 Å². The van der Waals surface area contributed by atoms with Crippen LogP contribution in [0.1, 0.15) is 47.5 Å². The first-order valence-corrected chi connectivity index (χ1v) is 6.81. The van der Waals surface area contributed by atoms with Crippen LogP contribution in [0.4, 0.5) is 0 Å². The second-order valence-electron chi connectivity index (χ2n) is 5.20. The van der Waals surface area contributed by atoms with Crippen molar-refractivity contribution in [2.24, 2.45) is 0 Å². The van der Waals surface area contributed by atoms with Gasteiger partial charge in [0.1, 0.15) is 0 Å². The molecule has 2 N–H and O–H groups in total. The van der Waals surface area contributed by atoms with Gasteiger partial charge in [-0.3, -0.25) is 4.79 Å². The molecule has 0 aliphatic heterocycles. The number of rotatable bonds is 8. The number of hydrogen-bond acceptors (Lipinski definition) is 6. The fourth-order valence-corrected chi connectivity index (χ4v) is 1.02. The Labute approximate surface area is 122 Å². The van der Waals surface area contributed by atoms with Crippen molar-refractivity contribution in [1.82, 2.24) is 0 Å². The van der Waals surface area contributed by atoms with Gasteiger partial charge in [-0.2, -0.15) is 0 Å². The molecule has 1 atom stereocenters. The Balaban J connectivity index is 0. The molecular formula is C14H30O6. The summed E-state index contributed by atoms with van der Waals surface area (Å²) in [6.07, 6.45) is 0.577. The van der Waals surface area contributed by atoms with Crippen molar-refractivity contribution in [3.8, 4) is 0 Å². The molecule has 0 fully saturated rings. The van der Waals surface area contributed by atoms with Gasteiger partial charge in [-0.05, 0) is 41.0 Å². The highest BCUT2D eigenvalue weighted by Gasteiger charge is 2.11. The van der Waals surface area contributed by atoms with Crippen LogP contribution in [0, 0.1) is 0 Å². The summed E-state index contributed by atoms with van der Waals surface area (Å²) in [5.41, 5.74) is 0. The van der Waals surface area contributed by atoms with Gasteiger partial charge in [-0.25, -0.2) is 0 Å². The third kappa shape index (κ3) is 22.5. The molecule has 122 valence electrons. The average molecular weight is 294 g/mol. The number of carbonyl (C=O) groups excluding carboxylic acids is 1. The predicted octanol–water partition coefficient (Wildman–Crippen LogP) is 1.48. The largest absolute Gasteiger partial charge is 0.469 e. The van der Waals surface area contributed by atoms with E-state index >= 15 is 0 Å². The molecule has 0 aromatic rings. The van der Waals surface area contributed by atoms with Crippen LogP contribution in [0.2, 0.25) is 0 Å². The van der Waals surface area contributed by atoms with Crippen molar-refractivity contribution in [1.29, 1.82) is 0 Å². The van der Waals surface area contributed by atoms with E-state index in [0.717, 1.165) is 6.42 Å². The SMILES string of the molecule is CC(C)OCCCOC(C)(C)O.COC(=O)CC(C)O. The molecule has 6 heteroatoms. The molecule has 0 saturated heterocycles. The lowest BCUT2D eigenvalue weighted by atomic mass is 10.3. The van der Waals surface area contributed by atoms with E-state index < -0.39 is 11.9 Å². The Morgan fingerprint density at radius 3 is 2.05 bits per heavy atom. The maximum absolute atomic E-state index is 10.2. The fraction of sp³-hybridized carbons (Fsp3) is 0.929. The summed E-state index contributed by atoms with van der Waals surface area (Å²) in [4.78, 5) is 10.2. The Bertz CT molecular complexity index is 232. The number of methoxy groups -OCH3 is 1. The maximum atomic E-state index is 10.2. The predicted molar refractivity (Wildman–Crippen MR) is 76.3 cm³/mol. The number of aliphatic hydroxyl groups excluding tert-OH is 1. The summed E-state index contributed by atoms with van der Waals surface area (Å²) < 4.78 is 14.6.